The summed E-state index contributed by atoms with van der Waals surface area (Å²) in [6.07, 6.45) is 3.62. The fourth-order valence-corrected chi connectivity index (χ4v) is 3.80. The van der Waals surface area contributed by atoms with Crippen LogP contribution in [0.1, 0.15) is 29.8 Å². The summed E-state index contributed by atoms with van der Waals surface area (Å²) in [5.74, 6) is 2.59. The van der Waals surface area contributed by atoms with Gasteiger partial charge in [0.05, 0.1) is 7.11 Å². The Morgan fingerprint density at radius 3 is 2.64 bits per heavy atom. The first-order valence-electron chi connectivity index (χ1n) is 7.84. The van der Waals surface area contributed by atoms with Crippen LogP contribution >= 0.6 is 11.5 Å². The van der Waals surface area contributed by atoms with Crippen molar-refractivity contribution in [1.82, 2.24) is 9.36 Å². The molecule has 118 valence electrons. The van der Waals surface area contributed by atoms with Crippen molar-refractivity contribution < 1.29 is 4.74 Å². The van der Waals surface area contributed by atoms with Gasteiger partial charge in [0.15, 0.2) is 0 Å². The summed E-state index contributed by atoms with van der Waals surface area (Å²) in [6.45, 7) is 6.32. The molecule has 1 saturated heterocycles. The SMILES string of the molecule is COc1ccc(CC2CCN(c3nc(C)ns3)CC2)c(C)c1. The Kier molecular flexibility index (Phi) is 4.62. The van der Waals surface area contributed by atoms with Crippen LogP contribution in [0.15, 0.2) is 18.2 Å². The highest BCUT2D eigenvalue weighted by molar-refractivity contribution is 7.09. The van der Waals surface area contributed by atoms with Gasteiger partial charge in [-0.25, -0.2) is 4.98 Å². The molecule has 2 heterocycles. The van der Waals surface area contributed by atoms with Crippen molar-refractivity contribution >= 4 is 16.7 Å². The summed E-state index contributed by atoms with van der Waals surface area (Å²) in [6, 6.07) is 6.42. The quantitative estimate of drug-likeness (QED) is 0.863. The van der Waals surface area contributed by atoms with Gasteiger partial charge in [-0.1, -0.05) is 6.07 Å². The fourth-order valence-electron chi connectivity index (χ4n) is 3.08. The first-order chi connectivity index (χ1) is 10.7. The van der Waals surface area contributed by atoms with Gasteiger partial charge in [-0.15, -0.1) is 0 Å². The van der Waals surface area contributed by atoms with Crippen LogP contribution in [0.3, 0.4) is 0 Å². The minimum absolute atomic E-state index is 0.761. The maximum Gasteiger partial charge on any atom is 0.205 e. The second-order valence-corrected chi connectivity index (χ2v) is 6.78. The van der Waals surface area contributed by atoms with E-state index in [2.05, 4.69) is 39.4 Å². The van der Waals surface area contributed by atoms with Crippen LogP contribution in [0, 0.1) is 19.8 Å². The number of methoxy groups -OCH3 is 1. The zero-order valence-corrected chi connectivity index (χ0v) is 14.3. The molecule has 0 radical (unpaired) electrons. The molecule has 0 atom stereocenters. The Morgan fingerprint density at radius 1 is 1.27 bits per heavy atom. The molecule has 0 saturated carbocycles. The summed E-state index contributed by atoms with van der Waals surface area (Å²) >= 11 is 1.52. The molecule has 0 amide bonds. The second kappa shape index (κ2) is 6.65. The Bertz CT molecular complexity index is 633. The fraction of sp³-hybridized carbons (Fsp3) is 0.529. The molecular weight excluding hydrogens is 294 g/mol. The lowest BCUT2D eigenvalue weighted by atomic mass is 9.89. The molecular formula is C17H23N3OS. The predicted octanol–water partition coefficient (Wildman–Crippen LogP) is 3.62. The van der Waals surface area contributed by atoms with Gasteiger partial charge in [-0.3, -0.25) is 0 Å². The lowest BCUT2D eigenvalue weighted by Crippen LogP contribution is -2.34. The van der Waals surface area contributed by atoms with Crippen molar-refractivity contribution in [3.8, 4) is 5.75 Å². The number of piperidine rings is 1. The number of hydrogen-bond donors (Lipinski definition) is 0. The Labute approximate surface area is 136 Å². The molecule has 1 aromatic heterocycles. The summed E-state index contributed by atoms with van der Waals surface area (Å²) in [4.78, 5) is 6.87. The smallest absolute Gasteiger partial charge is 0.205 e. The summed E-state index contributed by atoms with van der Waals surface area (Å²) in [5, 5.41) is 1.08. The van der Waals surface area contributed by atoms with E-state index in [1.54, 1.807) is 7.11 Å². The van der Waals surface area contributed by atoms with Crippen LogP contribution in [0.25, 0.3) is 0 Å². The lowest BCUT2D eigenvalue weighted by Gasteiger charge is -2.31. The number of nitrogens with zero attached hydrogens (tertiary/aromatic N) is 3. The van der Waals surface area contributed by atoms with Gasteiger partial charge in [-0.2, -0.15) is 4.37 Å². The third kappa shape index (κ3) is 3.40. The molecule has 0 N–H and O–H groups in total. The number of aryl methyl sites for hydroxylation is 2. The molecule has 0 bridgehead atoms. The van der Waals surface area contributed by atoms with Crippen molar-refractivity contribution in [3.63, 3.8) is 0 Å². The average Bonchev–Trinajstić information content (AvgIpc) is 2.96. The van der Waals surface area contributed by atoms with Gasteiger partial charge in [0.25, 0.3) is 0 Å². The van der Waals surface area contributed by atoms with Crippen LogP contribution in [0.4, 0.5) is 5.13 Å². The molecule has 2 aromatic rings. The van der Waals surface area contributed by atoms with Gasteiger partial charge in [0, 0.05) is 24.6 Å². The molecule has 4 nitrogen and oxygen atoms in total. The van der Waals surface area contributed by atoms with Gasteiger partial charge >= 0.3 is 0 Å². The highest BCUT2D eigenvalue weighted by Crippen LogP contribution is 2.28. The van der Waals surface area contributed by atoms with E-state index in [9.17, 15) is 0 Å². The highest BCUT2D eigenvalue weighted by Gasteiger charge is 2.22. The maximum absolute atomic E-state index is 5.29. The average molecular weight is 317 g/mol. The minimum atomic E-state index is 0.761. The molecule has 0 unspecified atom stereocenters. The summed E-state index contributed by atoms with van der Waals surface area (Å²) < 4.78 is 9.57. The molecule has 0 aliphatic carbocycles. The van der Waals surface area contributed by atoms with Crippen molar-refractivity contribution in [1.29, 1.82) is 0 Å². The van der Waals surface area contributed by atoms with Gasteiger partial charge in [0.2, 0.25) is 5.13 Å². The molecule has 1 aliphatic heterocycles. The lowest BCUT2D eigenvalue weighted by molar-refractivity contribution is 0.401. The molecule has 0 spiro atoms. The number of benzene rings is 1. The minimum Gasteiger partial charge on any atom is -0.497 e. The molecule has 3 rings (SSSR count). The topological polar surface area (TPSA) is 38.2 Å². The van der Waals surface area contributed by atoms with Crippen LogP contribution in [0.5, 0.6) is 5.75 Å². The molecule has 1 aliphatic rings. The zero-order valence-electron chi connectivity index (χ0n) is 13.5. The largest absolute Gasteiger partial charge is 0.497 e. The van der Waals surface area contributed by atoms with E-state index in [4.69, 9.17) is 4.74 Å². The first-order valence-corrected chi connectivity index (χ1v) is 8.62. The Hall–Kier alpha value is -1.62. The van der Waals surface area contributed by atoms with E-state index in [0.29, 0.717) is 0 Å². The van der Waals surface area contributed by atoms with Crippen LogP contribution in [0.2, 0.25) is 0 Å². The van der Waals surface area contributed by atoms with Gasteiger partial charge < -0.3 is 9.64 Å². The van der Waals surface area contributed by atoms with Crippen molar-refractivity contribution in [2.45, 2.75) is 33.1 Å². The first kappa shape index (κ1) is 15.3. The van der Waals surface area contributed by atoms with E-state index in [-0.39, 0.29) is 0 Å². The second-order valence-electron chi connectivity index (χ2n) is 6.05. The normalized spacial score (nSPS) is 16.0. The van der Waals surface area contributed by atoms with Gasteiger partial charge in [0.1, 0.15) is 11.6 Å². The third-order valence-electron chi connectivity index (χ3n) is 4.46. The van der Waals surface area contributed by atoms with E-state index >= 15 is 0 Å². The van der Waals surface area contributed by atoms with E-state index in [1.165, 1.54) is 41.9 Å². The monoisotopic (exact) mass is 317 g/mol. The standard InChI is InChI=1S/C17H23N3OS/c1-12-10-16(21-3)5-4-15(12)11-14-6-8-20(9-7-14)17-18-13(2)19-22-17/h4-5,10,14H,6-9,11H2,1-3H3. The molecule has 5 heteroatoms. The van der Waals surface area contributed by atoms with Crippen molar-refractivity contribution in [3.05, 3.63) is 35.2 Å². The number of aromatic nitrogens is 2. The number of anilines is 1. The van der Waals surface area contributed by atoms with Crippen LogP contribution < -0.4 is 9.64 Å². The van der Waals surface area contributed by atoms with Crippen molar-refractivity contribution in [2.75, 3.05) is 25.1 Å². The van der Waals surface area contributed by atoms with Crippen LogP contribution in [-0.2, 0) is 6.42 Å². The predicted molar refractivity (Wildman–Crippen MR) is 91.0 cm³/mol. The van der Waals surface area contributed by atoms with E-state index in [1.807, 2.05) is 6.92 Å². The van der Waals surface area contributed by atoms with Crippen molar-refractivity contribution in [2.24, 2.45) is 5.92 Å². The molecule has 1 aromatic carbocycles. The Morgan fingerprint density at radius 2 is 2.05 bits per heavy atom. The van der Waals surface area contributed by atoms with E-state index < -0.39 is 0 Å². The maximum atomic E-state index is 5.29. The number of rotatable bonds is 4. The van der Waals surface area contributed by atoms with Gasteiger partial charge in [-0.05, 0) is 62.3 Å². The zero-order chi connectivity index (χ0) is 15.5. The molecule has 22 heavy (non-hydrogen) atoms. The van der Waals surface area contributed by atoms with E-state index in [0.717, 1.165) is 35.7 Å². The summed E-state index contributed by atoms with van der Waals surface area (Å²) in [5.41, 5.74) is 2.78. The highest BCUT2D eigenvalue weighted by atomic mass is 32.1. The molecule has 1 fully saturated rings. The third-order valence-corrected chi connectivity index (χ3v) is 5.33. The van der Waals surface area contributed by atoms with Crippen LogP contribution in [-0.4, -0.2) is 29.6 Å². The Balaban J connectivity index is 1.58. The number of hydrogen-bond acceptors (Lipinski definition) is 5. The number of ether oxygens (including phenoxy) is 1. The summed E-state index contributed by atoms with van der Waals surface area (Å²) in [7, 11) is 1.72.